The molecule has 0 saturated carbocycles. The highest BCUT2D eigenvalue weighted by Gasteiger charge is 2.48. The SMILES string of the molecule is CCCN1CC(=O)N2C(c3ccccc3OC)c3[nH]c4ccccc4c3C[C@H]2C1=O. The van der Waals surface area contributed by atoms with Crippen LogP contribution in [0, 0.1) is 0 Å². The first kappa shape index (κ1) is 18.7. The zero-order valence-electron chi connectivity index (χ0n) is 17.2. The summed E-state index contributed by atoms with van der Waals surface area (Å²) in [5, 5.41) is 1.11. The lowest BCUT2D eigenvalue weighted by Crippen LogP contribution is -2.63. The van der Waals surface area contributed by atoms with Gasteiger partial charge in [0.05, 0.1) is 13.7 Å². The number of nitrogens with zero attached hydrogens (tertiary/aromatic N) is 2. The molecule has 3 aromatic rings. The van der Waals surface area contributed by atoms with Gasteiger partial charge < -0.3 is 19.5 Å². The van der Waals surface area contributed by atoms with Gasteiger partial charge in [-0.3, -0.25) is 9.59 Å². The minimum absolute atomic E-state index is 0.0201. The van der Waals surface area contributed by atoms with Crippen molar-refractivity contribution in [2.45, 2.75) is 31.8 Å². The monoisotopic (exact) mass is 403 g/mol. The van der Waals surface area contributed by atoms with Crippen molar-refractivity contribution in [1.82, 2.24) is 14.8 Å². The highest BCUT2D eigenvalue weighted by molar-refractivity contribution is 5.97. The Labute approximate surface area is 175 Å². The highest BCUT2D eigenvalue weighted by atomic mass is 16.5. The first-order chi connectivity index (χ1) is 14.6. The third kappa shape index (κ3) is 2.70. The number of amides is 2. The Morgan fingerprint density at radius 2 is 1.87 bits per heavy atom. The number of methoxy groups -OCH3 is 1. The van der Waals surface area contributed by atoms with Crippen LogP contribution in [-0.2, 0) is 16.0 Å². The molecule has 0 aliphatic carbocycles. The van der Waals surface area contributed by atoms with Gasteiger partial charge in [0.2, 0.25) is 11.8 Å². The van der Waals surface area contributed by atoms with E-state index in [0.29, 0.717) is 18.7 Å². The third-order valence-electron chi connectivity index (χ3n) is 6.27. The average Bonchev–Trinajstić information content (AvgIpc) is 3.14. The number of para-hydroxylation sites is 2. The van der Waals surface area contributed by atoms with E-state index in [1.54, 1.807) is 16.9 Å². The minimum Gasteiger partial charge on any atom is -0.496 e. The van der Waals surface area contributed by atoms with Crippen molar-refractivity contribution in [3.63, 3.8) is 0 Å². The smallest absolute Gasteiger partial charge is 0.246 e. The Bertz CT molecular complexity index is 1140. The van der Waals surface area contributed by atoms with Gasteiger partial charge in [0.1, 0.15) is 17.8 Å². The van der Waals surface area contributed by atoms with Gasteiger partial charge in [-0.05, 0) is 24.1 Å². The molecule has 0 spiro atoms. The number of H-pyrrole nitrogens is 1. The van der Waals surface area contributed by atoms with Crippen LogP contribution in [0.5, 0.6) is 5.75 Å². The van der Waals surface area contributed by atoms with Crippen LogP contribution < -0.4 is 4.74 Å². The molecule has 2 aliphatic rings. The molecule has 1 aromatic heterocycles. The fourth-order valence-electron chi connectivity index (χ4n) is 5.00. The van der Waals surface area contributed by atoms with Crippen molar-refractivity contribution in [2.75, 3.05) is 20.2 Å². The molecule has 2 amide bonds. The zero-order valence-corrected chi connectivity index (χ0v) is 17.2. The third-order valence-corrected chi connectivity index (χ3v) is 6.27. The normalized spacial score (nSPS) is 21.0. The van der Waals surface area contributed by atoms with Gasteiger partial charge in [-0.2, -0.15) is 0 Å². The van der Waals surface area contributed by atoms with Gasteiger partial charge in [-0.25, -0.2) is 0 Å². The van der Waals surface area contributed by atoms with E-state index in [1.807, 2.05) is 49.4 Å². The van der Waals surface area contributed by atoms with Gasteiger partial charge in [0.15, 0.2) is 0 Å². The van der Waals surface area contributed by atoms with Crippen molar-refractivity contribution in [3.05, 3.63) is 65.4 Å². The molecule has 6 heteroatoms. The molecule has 3 heterocycles. The van der Waals surface area contributed by atoms with Gasteiger partial charge in [-0.1, -0.05) is 43.3 Å². The largest absolute Gasteiger partial charge is 0.496 e. The number of nitrogens with one attached hydrogen (secondary N) is 1. The topological polar surface area (TPSA) is 65.6 Å². The van der Waals surface area contributed by atoms with Crippen molar-refractivity contribution in [3.8, 4) is 5.75 Å². The van der Waals surface area contributed by atoms with Crippen molar-refractivity contribution >= 4 is 22.7 Å². The van der Waals surface area contributed by atoms with E-state index in [-0.39, 0.29) is 24.4 Å². The van der Waals surface area contributed by atoms with Crippen LogP contribution in [0.25, 0.3) is 10.9 Å². The molecular formula is C24H25N3O3. The molecule has 1 saturated heterocycles. The molecule has 1 unspecified atom stereocenters. The summed E-state index contributed by atoms with van der Waals surface area (Å²) in [4.78, 5) is 33.8. The maximum absolute atomic E-state index is 13.4. The first-order valence-corrected chi connectivity index (χ1v) is 10.5. The first-order valence-electron chi connectivity index (χ1n) is 10.5. The lowest BCUT2D eigenvalue weighted by molar-refractivity contribution is -0.158. The van der Waals surface area contributed by atoms with E-state index in [9.17, 15) is 9.59 Å². The fraction of sp³-hybridized carbons (Fsp3) is 0.333. The predicted octanol–water partition coefficient (Wildman–Crippen LogP) is 3.27. The average molecular weight is 403 g/mol. The van der Waals surface area contributed by atoms with Gasteiger partial charge >= 0.3 is 0 Å². The molecule has 2 aliphatic heterocycles. The second-order valence-electron chi connectivity index (χ2n) is 7.99. The number of aromatic nitrogens is 1. The number of carbonyl (C=O) groups excluding carboxylic acids is 2. The summed E-state index contributed by atoms with van der Waals surface area (Å²) >= 11 is 0. The number of benzene rings is 2. The van der Waals surface area contributed by atoms with Crippen LogP contribution in [0.4, 0.5) is 0 Å². The molecule has 1 fully saturated rings. The molecule has 0 bridgehead atoms. The minimum atomic E-state index is -0.501. The number of rotatable bonds is 4. The maximum atomic E-state index is 13.4. The summed E-state index contributed by atoms with van der Waals surface area (Å²) in [5.41, 5.74) is 4.00. The Morgan fingerprint density at radius 3 is 2.67 bits per heavy atom. The molecule has 30 heavy (non-hydrogen) atoms. The lowest BCUT2D eigenvalue weighted by atomic mass is 9.86. The van der Waals surface area contributed by atoms with Gasteiger partial charge in [0.25, 0.3) is 0 Å². The van der Waals surface area contributed by atoms with Crippen LogP contribution in [0.15, 0.2) is 48.5 Å². The van der Waals surface area contributed by atoms with Crippen molar-refractivity contribution < 1.29 is 14.3 Å². The summed E-state index contributed by atoms with van der Waals surface area (Å²) in [6.07, 6.45) is 1.36. The molecule has 5 rings (SSSR count). The van der Waals surface area contributed by atoms with Crippen molar-refractivity contribution in [1.29, 1.82) is 0 Å². The summed E-state index contributed by atoms with van der Waals surface area (Å²) in [7, 11) is 1.64. The fourth-order valence-corrected chi connectivity index (χ4v) is 5.00. The number of aromatic amines is 1. The van der Waals surface area contributed by atoms with Crippen molar-refractivity contribution in [2.24, 2.45) is 0 Å². The van der Waals surface area contributed by atoms with E-state index in [4.69, 9.17) is 4.74 Å². The summed E-state index contributed by atoms with van der Waals surface area (Å²) < 4.78 is 5.64. The van der Waals surface area contributed by atoms with E-state index >= 15 is 0 Å². The maximum Gasteiger partial charge on any atom is 0.246 e. The van der Waals surface area contributed by atoms with Crippen LogP contribution in [0.1, 0.15) is 36.2 Å². The summed E-state index contributed by atoms with van der Waals surface area (Å²) in [5.74, 6) is 0.726. The molecule has 1 N–H and O–H groups in total. The van der Waals surface area contributed by atoms with E-state index in [1.165, 1.54) is 0 Å². The Balaban J connectivity index is 1.73. The molecular weight excluding hydrogens is 378 g/mol. The number of piperazine rings is 1. The Morgan fingerprint density at radius 1 is 1.10 bits per heavy atom. The van der Waals surface area contributed by atoms with Crippen LogP contribution >= 0.6 is 0 Å². The molecule has 154 valence electrons. The van der Waals surface area contributed by atoms with E-state index < -0.39 is 6.04 Å². The molecule has 0 radical (unpaired) electrons. The molecule has 2 atom stereocenters. The van der Waals surface area contributed by atoms with Gasteiger partial charge in [-0.15, -0.1) is 0 Å². The number of ether oxygens (including phenoxy) is 1. The number of fused-ring (bicyclic) bond motifs is 4. The molecule has 6 nitrogen and oxygen atoms in total. The van der Waals surface area contributed by atoms with E-state index in [0.717, 1.165) is 34.1 Å². The quantitative estimate of drug-likeness (QED) is 0.727. The lowest BCUT2D eigenvalue weighted by Gasteiger charge is -2.47. The second-order valence-corrected chi connectivity index (χ2v) is 7.99. The Hall–Kier alpha value is -3.28. The standard InChI is InChI=1S/C24H25N3O3/c1-3-12-26-14-21(28)27-19(24(26)29)13-17-15-8-4-6-10-18(15)25-22(17)23(27)16-9-5-7-11-20(16)30-2/h4-11,19,23,25H,3,12-14H2,1-2H3/t19-,23?/m0/s1. The van der Waals surface area contributed by atoms with Crippen LogP contribution in [0.2, 0.25) is 0 Å². The zero-order chi connectivity index (χ0) is 20.8. The number of carbonyl (C=O) groups is 2. The summed E-state index contributed by atoms with van der Waals surface area (Å²) in [6, 6.07) is 15.0. The van der Waals surface area contributed by atoms with Crippen LogP contribution in [0.3, 0.4) is 0 Å². The van der Waals surface area contributed by atoms with Gasteiger partial charge in [0, 0.05) is 35.1 Å². The predicted molar refractivity (Wildman–Crippen MR) is 114 cm³/mol. The Kier molecular flexibility index (Phi) is 4.50. The van der Waals surface area contributed by atoms with E-state index in [2.05, 4.69) is 11.1 Å². The number of hydrogen-bond donors (Lipinski definition) is 1. The number of hydrogen-bond acceptors (Lipinski definition) is 3. The summed E-state index contributed by atoms with van der Waals surface area (Å²) in [6.45, 7) is 2.76. The second kappa shape index (κ2) is 7.20. The highest BCUT2D eigenvalue weighted by Crippen LogP contribution is 2.44. The molecule has 2 aromatic carbocycles. The van der Waals surface area contributed by atoms with Crippen LogP contribution in [-0.4, -0.2) is 52.8 Å².